The van der Waals surface area contributed by atoms with Crippen molar-refractivity contribution >= 4 is 11.6 Å². The van der Waals surface area contributed by atoms with Gasteiger partial charge in [-0.15, -0.1) is 0 Å². The number of phenolic OH excluding ortho intramolecular Hbond substituents is 1. The lowest BCUT2D eigenvalue weighted by molar-refractivity contribution is -0.289. The van der Waals surface area contributed by atoms with Crippen LogP contribution in [0.2, 0.25) is 0 Å². The predicted octanol–water partition coefficient (Wildman–Crippen LogP) is -1.89. The molecule has 2 aliphatic heterocycles. The number of rotatable bonds is 10. The Hall–Kier alpha value is -3.18. The number of Topliss-reactive ketones (excluding diaryl/α,β-unsaturated/α-hetero) is 2. The van der Waals surface area contributed by atoms with Gasteiger partial charge in [0.25, 0.3) is 0 Å². The molecule has 14 nitrogen and oxygen atoms in total. The summed E-state index contributed by atoms with van der Waals surface area (Å²) in [5.41, 5.74) is -2.16. The van der Waals surface area contributed by atoms with E-state index >= 15 is 0 Å². The number of carbonyl (C=O) groups is 2. The minimum absolute atomic E-state index is 0.0848. The molecule has 2 aromatic rings. The molecule has 14 heteroatoms. The molecular formula is C26H30O14. The van der Waals surface area contributed by atoms with Gasteiger partial charge < -0.3 is 59.4 Å². The summed E-state index contributed by atoms with van der Waals surface area (Å²) in [4.78, 5) is 25.3. The number of phenols is 1. The van der Waals surface area contributed by atoms with Crippen LogP contribution in [-0.2, 0) is 14.2 Å². The van der Waals surface area contributed by atoms with Crippen molar-refractivity contribution < 1.29 is 69.0 Å². The Morgan fingerprint density at radius 3 is 2.23 bits per heavy atom. The van der Waals surface area contributed by atoms with Crippen LogP contribution in [0, 0.1) is 0 Å². The van der Waals surface area contributed by atoms with Crippen molar-refractivity contribution in [2.75, 3.05) is 26.9 Å². The minimum atomic E-state index is -1.94. The predicted molar refractivity (Wildman–Crippen MR) is 131 cm³/mol. The van der Waals surface area contributed by atoms with Crippen LogP contribution < -0.4 is 9.47 Å². The quantitative estimate of drug-likeness (QED) is 0.123. The van der Waals surface area contributed by atoms with E-state index in [1.54, 1.807) is 0 Å². The number of aromatic hydroxyl groups is 1. The second-order valence-electron chi connectivity index (χ2n) is 9.42. The van der Waals surface area contributed by atoms with E-state index in [0.29, 0.717) is 5.75 Å². The van der Waals surface area contributed by atoms with E-state index in [2.05, 4.69) is 0 Å². The molecule has 0 radical (unpaired) electrons. The normalized spacial score (nSPS) is 32.0. The fourth-order valence-electron chi connectivity index (χ4n) is 4.18. The van der Waals surface area contributed by atoms with E-state index in [1.165, 1.54) is 37.4 Å². The number of aliphatic hydroxyl groups excluding tert-OH is 5. The lowest BCUT2D eigenvalue weighted by Crippen LogP contribution is -2.60. The lowest BCUT2D eigenvalue weighted by Gasteiger charge is -2.40. The molecule has 8 atom stereocenters. The van der Waals surface area contributed by atoms with Crippen LogP contribution in [0.1, 0.15) is 20.7 Å². The molecule has 0 spiro atoms. The third-order valence-electron chi connectivity index (χ3n) is 6.70. The monoisotopic (exact) mass is 566 g/mol. The highest BCUT2D eigenvalue weighted by Crippen LogP contribution is 2.30. The van der Waals surface area contributed by atoms with Crippen molar-refractivity contribution in [3.05, 3.63) is 53.6 Å². The number of ketones is 2. The summed E-state index contributed by atoms with van der Waals surface area (Å²) < 4.78 is 26.5. The Balaban J connectivity index is 1.41. The molecule has 0 bridgehead atoms. The minimum Gasteiger partial charge on any atom is -0.507 e. The van der Waals surface area contributed by atoms with E-state index in [1.807, 2.05) is 0 Å². The zero-order valence-corrected chi connectivity index (χ0v) is 21.2. The fourth-order valence-corrected chi connectivity index (χ4v) is 4.18. The molecule has 40 heavy (non-hydrogen) atoms. The van der Waals surface area contributed by atoms with Gasteiger partial charge in [0, 0.05) is 11.6 Å². The highest BCUT2D eigenvalue weighted by molar-refractivity contribution is 6.49. The van der Waals surface area contributed by atoms with Crippen molar-refractivity contribution in [3.8, 4) is 17.2 Å². The van der Waals surface area contributed by atoms with Gasteiger partial charge in [0.2, 0.25) is 17.9 Å². The maximum absolute atomic E-state index is 12.7. The second-order valence-corrected chi connectivity index (χ2v) is 9.42. The lowest BCUT2D eigenvalue weighted by atomic mass is 9.99. The van der Waals surface area contributed by atoms with Gasteiger partial charge in [0.05, 0.1) is 32.5 Å². The summed E-state index contributed by atoms with van der Waals surface area (Å²) in [6.07, 6.45) is -11.0. The summed E-state index contributed by atoms with van der Waals surface area (Å²) in [5.74, 6) is -2.07. The van der Waals surface area contributed by atoms with Crippen LogP contribution >= 0.6 is 0 Å². The van der Waals surface area contributed by atoms with Gasteiger partial charge in [-0.1, -0.05) is 0 Å². The van der Waals surface area contributed by atoms with E-state index in [4.69, 9.17) is 23.7 Å². The van der Waals surface area contributed by atoms with Crippen molar-refractivity contribution in [2.45, 2.75) is 48.7 Å². The topological polar surface area (TPSA) is 222 Å². The molecule has 218 valence electrons. The number of ether oxygens (including phenoxy) is 5. The summed E-state index contributed by atoms with van der Waals surface area (Å²) in [5, 5.41) is 70.8. The van der Waals surface area contributed by atoms with E-state index in [-0.39, 0.29) is 16.9 Å². The molecule has 2 aromatic carbocycles. The van der Waals surface area contributed by atoms with Crippen LogP contribution in [0.15, 0.2) is 42.5 Å². The Morgan fingerprint density at radius 2 is 1.62 bits per heavy atom. The van der Waals surface area contributed by atoms with Gasteiger partial charge in [0.1, 0.15) is 53.4 Å². The summed E-state index contributed by atoms with van der Waals surface area (Å²) in [6, 6.07) is 9.19. The summed E-state index contributed by atoms with van der Waals surface area (Å²) >= 11 is 0. The van der Waals surface area contributed by atoms with Crippen LogP contribution in [0.3, 0.4) is 0 Å². The standard InChI is InChI=1S/C26H30O14/c1-36-13-4-2-12(3-5-13)18(29)19(30)15-7-6-14(8-16(15)28)39-24-22(33)21(32)20(31)17(40-24)9-37-25-23(34)26(35,10-27)11-38-25/h2-8,17,20-25,27-28,31-35H,9-11H2,1H3/t17-,20-,21+,22-,23+,24-,25-,26-/m1/s1. The van der Waals surface area contributed by atoms with E-state index < -0.39 is 85.8 Å². The highest BCUT2D eigenvalue weighted by Gasteiger charge is 2.50. The number of hydrogen-bond acceptors (Lipinski definition) is 14. The smallest absolute Gasteiger partial charge is 0.237 e. The Morgan fingerprint density at radius 1 is 0.950 bits per heavy atom. The number of aliphatic hydroxyl groups is 6. The molecule has 2 fully saturated rings. The maximum atomic E-state index is 12.7. The molecule has 2 heterocycles. The number of hydrogen-bond donors (Lipinski definition) is 7. The summed E-state index contributed by atoms with van der Waals surface area (Å²) in [6.45, 7) is -1.69. The molecule has 0 amide bonds. The average Bonchev–Trinajstić information content (AvgIpc) is 3.25. The maximum Gasteiger partial charge on any atom is 0.237 e. The fraction of sp³-hybridized carbons (Fsp3) is 0.462. The molecule has 7 N–H and O–H groups in total. The SMILES string of the molecule is COc1ccc(C(=O)C(=O)c2ccc(O[C@@H]3O[C@H](CO[C@@H]4OC[C@](O)(CO)[C@H]4O)[C@@H](O)[C@H](O)[C@H]3O)cc2O)cc1. The molecule has 0 saturated carbocycles. The van der Waals surface area contributed by atoms with Crippen LogP contribution in [0.5, 0.6) is 17.2 Å². The van der Waals surface area contributed by atoms with Crippen LogP contribution in [0.4, 0.5) is 0 Å². The molecule has 0 aliphatic carbocycles. The average molecular weight is 567 g/mol. The van der Waals surface area contributed by atoms with Gasteiger partial charge >= 0.3 is 0 Å². The molecule has 0 unspecified atom stereocenters. The molecule has 4 rings (SSSR count). The molecule has 2 saturated heterocycles. The highest BCUT2D eigenvalue weighted by atomic mass is 16.7. The first kappa shape index (κ1) is 29.8. The Bertz CT molecular complexity index is 1200. The van der Waals surface area contributed by atoms with Gasteiger partial charge in [-0.2, -0.15) is 0 Å². The van der Waals surface area contributed by atoms with Crippen LogP contribution in [-0.4, -0.2) is 123 Å². The van der Waals surface area contributed by atoms with Crippen molar-refractivity contribution in [1.29, 1.82) is 0 Å². The largest absolute Gasteiger partial charge is 0.507 e. The van der Waals surface area contributed by atoms with Crippen LogP contribution in [0.25, 0.3) is 0 Å². The summed E-state index contributed by atoms with van der Waals surface area (Å²) in [7, 11) is 1.45. The zero-order valence-electron chi connectivity index (χ0n) is 21.2. The Labute approximate surface area is 227 Å². The second kappa shape index (κ2) is 12.1. The first-order valence-electron chi connectivity index (χ1n) is 12.2. The number of benzene rings is 2. The van der Waals surface area contributed by atoms with E-state index in [0.717, 1.165) is 12.1 Å². The first-order valence-corrected chi connectivity index (χ1v) is 12.2. The molecular weight excluding hydrogens is 536 g/mol. The molecule has 2 aliphatic rings. The molecule has 0 aromatic heterocycles. The van der Waals surface area contributed by atoms with Crippen molar-refractivity contribution in [2.24, 2.45) is 0 Å². The van der Waals surface area contributed by atoms with Gasteiger partial charge in [-0.3, -0.25) is 9.59 Å². The van der Waals surface area contributed by atoms with Gasteiger partial charge in [0.15, 0.2) is 6.29 Å². The van der Waals surface area contributed by atoms with Crippen molar-refractivity contribution in [1.82, 2.24) is 0 Å². The Kier molecular flexibility index (Phi) is 9.04. The zero-order chi connectivity index (χ0) is 29.2. The van der Waals surface area contributed by atoms with Gasteiger partial charge in [-0.25, -0.2) is 0 Å². The third-order valence-corrected chi connectivity index (χ3v) is 6.70. The van der Waals surface area contributed by atoms with E-state index in [9.17, 15) is 45.3 Å². The third kappa shape index (κ3) is 5.95. The van der Waals surface area contributed by atoms with Crippen molar-refractivity contribution in [3.63, 3.8) is 0 Å². The number of carbonyl (C=O) groups excluding carboxylic acids is 2. The van der Waals surface area contributed by atoms with Gasteiger partial charge in [-0.05, 0) is 36.4 Å². The first-order chi connectivity index (χ1) is 19.0. The number of methoxy groups -OCH3 is 1.